The zero-order chi connectivity index (χ0) is 11.9. The van der Waals surface area contributed by atoms with Crippen LogP contribution in [0.25, 0.3) is 10.9 Å². The molecule has 0 unspecified atom stereocenters. The minimum Gasteiger partial charge on any atom is -0.383 e. The summed E-state index contributed by atoms with van der Waals surface area (Å²) in [5.41, 5.74) is 7.54. The van der Waals surface area contributed by atoms with E-state index in [4.69, 9.17) is 40.5 Å². The standard InChI is InChI=1S/C10H8Cl3N3/c1-5-2-3-7-6(4-5)8(14)16-9(15-7)10(11,12)13/h2-4H,1H3,(H2,14,15,16). The van der Waals surface area contributed by atoms with Crippen molar-refractivity contribution in [3.05, 3.63) is 29.6 Å². The van der Waals surface area contributed by atoms with Gasteiger partial charge in [0.1, 0.15) is 5.82 Å². The molecule has 0 saturated carbocycles. The summed E-state index contributed by atoms with van der Waals surface area (Å²) in [6, 6.07) is 5.63. The minimum atomic E-state index is -1.66. The summed E-state index contributed by atoms with van der Waals surface area (Å²) in [4.78, 5) is 8.15. The molecule has 0 aliphatic carbocycles. The number of nitrogen functional groups attached to an aromatic ring is 1. The molecule has 1 aromatic heterocycles. The maximum atomic E-state index is 5.80. The largest absolute Gasteiger partial charge is 0.383 e. The van der Waals surface area contributed by atoms with Crippen molar-refractivity contribution in [3.8, 4) is 0 Å². The zero-order valence-electron chi connectivity index (χ0n) is 8.34. The molecule has 2 rings (SSSR count). The third-order valence-corrected chi connectivity index (χ3v) is 2.64. The predicted molar refractivity (Wildman–Crippen MR) is 67.9 cm³/mol. The molecular weight excluding hydrogens is 268 g/mol. The van der Waals surface area contributed by atoms with Crippen LogP contribution in [0.2, 0.25) is 0 Å². The molecule has 0 fully saturated rings. The Bertz CT molecular complexity index is 549. The van der Waals surface area contributed by atoms with Crippen LogP contribution in [0.4, 0.5) is 5.82 Å². The Hall–Kier alpha value is -0.770. The summed E-state index contributed by atoms with van der Waals surface area (Å²) in [5.74, 6) is 0.404. The highest BCUT2D eigenvalue weighted by Gasteiger charge is 2.27. The Morgan fingerprint density at radius 2 is 1.88 bits per heavy atom. The molecule has 16 heavy (non-hydrogen) atoms. The van der Waals surface area contributed by atoms with Crippen LogP contribution in [-0.2, 0) is 3.79 Å². The highest BCUT2D eigenvalue weighted by Crippen LogP contribution is 2.37. The number of rotatable bonds is 0. The van der Waals surface area contributed by atoms with Gasteiger partial charge in [-0.3, -0.25) is 0 Å². The second-order valence-corrected chi connectivity index (χ2v) is 5.73. The van der Waals surface area contributed by atoms with Crippen LogP contribution in [-0.4, -0.2) is 9.97 Å². The average molecular weight is 277 g/mol. The highest BCUT2D eigenvalue weighted by molar-refractivity contribution is 6.66. The normalized spacial score (nSPS) is 12.0. The van der Waals surface area contributed by atoms with E-state index < -0.39 is 3.79 Å². The van der Waals surface area contributed by atoms with Gasteiger partial charge in [-0.15, -0.1) is 0 Å². The van der Waals surface area contributed by atoms with E-state index in [0.29, 0.717) is 11.3 Å². The molecule has 0 radical (unpaired) electrons. The second-order valence-electron chi connectivity index (χ2n) is 3.45. The molecule has 0 saturated heterocycles. The minimum absolute atomic E-state index is 0.0892. The molecule has 0 spiro atoms. The number of hydrogen-bond donors (Lipinski definition) is 1. The molecule has 0 aliphatic heterocycles. The Morgan fingerprint density at radius 3 is 2.50 bits per heavy atom. The Labute approximate surface area is 108 Å². The van der Waals surface area contributed by atoms with Gasteiger partial charge in [0.15, 0.2) is 5.82 Å². The van der Waals surface area contributed by atoms with Crippen molar-refractivity contribution >= 4 is 51.5 Å². The zero-order valence-corrected chi connectivity index (χ0v) is 10.6. The van der Waals surface area contributed by atoms with Gasteiger partial charge in [0.25, 0.3) is 0 Å². The molecule has 2 N–H and O–H groups in total. The van der Waals surface area contributed by atoms with Crippen molar-refractivity contribution in [2.45, 2.75) is 10.7 Å². The fourth-order valence-electron chi connectivity index (χ4n) is 1.39. The fourth-order valence-corrected chi connectivity index (χ4v) is 1.65. The molecule has 0 aliphatic rings. The van der Waals surface area contributed by atoms with Crippen LogP contribution in [0.5, 0.6) is 0 Å². The van der Waals surface area contributed by atoms with Gasteiger partial charge in [0.05, 0.1) is 5.52 Å². The lowest BCUT2D eigenvalue weighted by molar-refractivity contribution is 1.00. The highest BCUT2D eigenvalue weighted by atomic mass is 35.6. The molecule has 84 valence electrons. The molecule has 2 aromatic rings. The van der Waals surface area contributed by atoms with E-state index in [2.05, 4.69) is 9.97 Å². The van der Waals surface area contributed by atoms with E-state index in [1.165, 1.54) is 0 Å². The molecule has 0 atom stereocenters. The fraction of sp³-hybridized carbons (Fsp3) is 0.200. The molecule has 0 amide bonds. The van der Waals surface area contributed by atoms with Crippen LogP contribution >= 0.6 is 34.8 Å². The number of aryl methyl sites for hydroxylation is 1. The number of aromatic nitrogens is 2. The summed E-state index contributed by atoms with van der Waals surface area (Å²) < 4.78 is -1.66. The first-order chi connectivity index (χ1) is 7.38. The number of anilines is 1. The average Bonchev–Trinajstić information content (AvgIpc) is 2.17. The van der Waals surface area contributed by atoms with Crippen molar-refractivity contribution in [2.24, 2.45) is 0 Å². The van der Waals surface area contributed by atoms with Crippen molar-refractivity contribution in [2.75, 3.05) is 5.73 Å². The molecule has 1 heterocycles. The molecule has 0 bridgehead atoms. The van der Waals surface area contributed by atoms with Gasteiger partial charge in [-0.25, -0.2) is 9.97 Å². The number of fused-ring (bicyclic) bond motifs is 1. The molecular formula is C10H8Cl3N3. The third kappa shape index (κ3) is 2.17. The summed E-state index contributed by atoms with van der Waals surface area (Å²) in [5, 5.41) is 0.762. The van der Waals surface area contributed by atoms with E-state index in [-0.39, 0.29) is 5.82 Å². The van der Waals surface area contributed by atoms with Gasteiger partial charge in [0.2, 0.25) is 3.79 Å². The molecule has 6 heteroatoms. The molecule has 1 aromatic carbocycles. The third-order valence-electron chi connectivity index (χ3n) is 2.13. The van der Waals surface area contributed by atoms with Crippen LogP contribution in [0, 0.1) is 6.92 Å². The summed E-state index contributed by atoms with van der Waals surface area (Å²) in [6.07, 6.45) is 0. The number of halogens is 3. The van der Waals surface area contributed by atoms with Gasteiger partial charge in [0, 0.05) is 5.39 Å². The summed E-state index contributed by atoms with van der Waals surface area (Å²) in [6.45, 7) is 1.96. The SMILES string of the molecule is Cc1ccc2nc(C(Cl)(Cl)Cl)nc(N)c2c1. The molecule has 3 nitrogen and oxygen atoms in total. The first kappa shape index (κ1) is 11.7. The van der Waals surface area contributed by atoms with E-state index in [1.807, 2.05) is 25.1 Å². The maximum absolute atomic E-state index is 5.80. The predicted octanol–water partition coefficient (Wildman–Crippen LogP) is 3.35. The lowest BCUT2D eigenvalue weighted by Gasteiger charge is -2.11. The lowest BCUT2D eigenvalue weighted by Crippen LogP contribution is -2.09. The number of nitrogens with two attached hydrogens (primary N) is 1. The van der Waals surface area contributed by atoms with Crippen molar-refractivity contribution in [1.29, 1.82) is 0 Å². The smallest absolute Gasteiger partial charge is 0.250 e. The van der Waals surface area contributed by atoms with Crippen molar-refractivity contribution in [3.63, 3.8) is 0 Å². The van der Waals surface area contributed by atoms with E-state index in [1.54, 1.807) is 0 Å². The topological polar surface area (TPSA) is 51.8 Å². The van der Waals surface area contributed by atoms with Gasteiger partial charge >= 0.3 is 0 Å². The van der Waals surface area contributed by atoms with Gasteiger partial charge in [-0.1, -0.05) is 46.4 Å². The quantitative estimate of drug-likeness (QED) is 0.751. The number of hydrogen-bond acceptors (Lipinski definition) is 3. The monoisotopic (exact) mass is 275 g/mol. The second kappa shape index (κ2) is 3.91. The number of nitrogens with zero attached hydrogens (tertiary/aromatic N) is 2. The van der Waals surface area contributed by atoms with Crippen LogP contribution in [0.1, 0.15) is 11.4 Å². The summed E-state index contributed by atoms with van der Waals surface area (Å²) >= 11 is 17.1. The first-order valence-corrected chi connectivity index (χ1v) is 5.62. The van der Waals surface area contributed by atoms with Crippen molar-refractivity contribution in [1.82, 2.24) is 9.97 Å². The van der Waals surface area contributed by atoms with Gasteiger partial charge in [-0.2, -0.15) is 0 Å². The van der Waals surface area contributed by atoms with Crippen LogP contribution < -0.4 is 5.73 Å². The van der Waals surface area contributed by atoms with Gasteiger partial charge in [-0.05, 0) is 19.1 Å². The first-order valence-electron chi connectivity index (χ1n) is 4.49. The van der Waals surface area contributed by atoms with E-state index >= 15 is 0 Å². The Balaban J connectivity index is 2.74. The number of alkyl halides is 3. The van der Waals surface area contributed by atoms with Gasteiger partial charge < -0.3 is 5.73 Å². The van der Waals surface area contributed by atoms with E-state index in [9.17, 15) is 0 Å². The van der Waals surface area contributed by atoms with E-state index in [0.717, 1.165) is 10.9 Å². The number of benzene rings is 1. The van der Waals surface area contributed by atoms with Crippen molar-refractivity contribution < 1.29 is 0 Å². The maximum Gasteiger partial charge on any atom is 0.250 e. The Morgan fingerprint density at radius 1 is 1.19 bits per heavy atom. The summed E-state index contributed by atoms with van der Waals surface area (Å²) in [7, 11) is 0. The lowest BCUT2D eigenvalue weighted by atomic mass is 10.1. The van der Waals surface area contributed by atoms with Crippen LogP contribution in [0.3, 0.4) is 0 Å². The Kier molecular flexibility index (Phi) is 2.86. The van der Waals surface area contributed by atoms with Crippen LogP contribution in [0.15, 0.2) is 18.2 Å².